The molecule has 2 aromatic carbocycles. The Balaban J connectivity index is 2.03. The Labute approximate surface area is 140 Å². The van der Waals surface area contributed by atoms with Gasteiger partial charge in [0.1, 0.15) is 11.6 Å². The van der Waals surface area contributed by atoms with Gasteiger partial charge in [-0.2, -0.15) is 0 Å². The van der Waals surface area contributed by atoms with Crippen LogP contribution in [0.3, 0.4) is 0 Å². The number of hydrogen-bond acceptors (Lipinski definition) is 5. The number of aromatic nitrogens is 1. The molecule has 0 unspecified atom stereocenters. The second-order valence-corrected chi connectivity index (χ2v) is 5.14. The Morgan fingerprint density at radius 1 is 1.12 bits per heavy atom. The van der Waals surface area contributed by atoms with Crippen LogP contribution in [0.5, 0.6) is 5.75 Å². The number of nitrogens with zero attached hydrogens (tertiary/aromatic N) is 1. The maximum absolute atomic E-state index is 12.1. The highest BCUT2D eigenvalue weighted by atomic mass is 16.5. The fraction of sp³-hybridized carbons (Fsp3) is 0.158. The van der Waals surface area contributed by atoms with E-state index < -0.39 is 0 Å². The summed E-state index contributed by atoms with van der Waals surface area (Å²) in [7, 11) is 1.63. The molecule has 3 rings (SSSR count). The van der Waals surface area contributed by atoms with Crippen LogP contribution in [-0.4, -0.2) is 24.7 Å². The van der Waals surface area contributed by atoms with Crippen LogP contribution >= 0.6 is 0 Å². The van der Waals surface area contributed by atoms with Gasteiger partial charge in [0.05, 0.1) is 19.3 Å². The SMILES string of the molecule is CCOC(=O)c1cnc(Nc2cccc(OC)c2)c2ccccc12. The standard InChI is InChI=1S/C19H18N2O3/c1-3-24-19(22)17-12-20-18(16-10-5-4-9-15(16)17)21-13-7-6-8-14(11-13)23-2/h4-12H,3H2,1-2H3,(H,20,21). The number of fused-ring (bicyclic) bond motifs is 1. The van der Waals surface area contributed by atoms with E-state index in [4.69, 9.17) is 9.47 Å². The molecule has 0 amide bonds. The molecule has 1 heterocycles. The van der Waals surface area contributed by atoms with E-state index in [1.807, 2.05) is 48.5 Å². The number of anilines is 2. The van der Waals surface area contributed by atoms with Crippen molar-refractivity contribution in [2.75, 3.05) is 19.0 Å². The molecule has 0 spiro atoms. The smallest absolute Gasteiger partial charge is 0.340 e. The number of carbonyl (C=O) groups excluding carboxylic acids is 1. The fourth-order valence-corrected chi connectivity index (χ4v) is 2.50. The summed E-state index contributed by atoms with van der Waals surface area (Å²) in [5, 5.41) is 4.93. The van der Waals surface area contributed by atoms with Crippen LogP contribution in [0.2, 0.25) is 0 Å². The van der Waals surface area contributed by atoms with Crippen molar-refractivity contribution in [3.8, 4) is 5.75 Å². The van der Waals surface area contributed by atoms with Crippen LogP contribution in [-0.2, 0) is 4.74 Å². The van der Waals surface area contributed by atoms with E-state index in [0.717, 1.165) is 22.2 Å². The molecule has 5 heteroatoms. The van der Waals surface area contributed by atoms with Crippen molar-refractivity contribution in [2.45, 2.75) is 6.92 Å². The van der Waals surface area contributed by atoms with Gasteiger partial charge < -0.3 is 14.8 Å². The molecule has 0 bridgehead atoms. The molecule has 0 aliphatic carbocycles. The van der Waals surface area contributed by atoms with Gasteiger partial charge in [0.2, 0.25) is 0 Å². The van der Waals surface area contributed by atoms with Gasteiger partial charge in [0.25, 0.3) is 0 Å². The molecule has 0 saturated carbocycles. The maximum atomic E-state index is 12.1. The lowest BCUT2D eigenvalue weighted by Crippen LogP contribution is -2.07. The molecule has 0 aliphatic heterocycles. The first kappa shape index (κ1) is 15.8. The molecule has 0 saturated heterocycles. The predicted molar refractivity (Wildman–Crippen MR) is 94.0 cm³/mol. The van der Waals surface area contributed by atoms with Gasteiger partial charge in [-0.25, -0.2) is 9.78 Å². The third kappa shape index (κ3) is 3.15. The second-order valence-electron chi connectivity index (χ2n) is 5.14. The third-order valence-corrected chi connectivity index (χ3v) is 3.62. The molecular formula is C19H18N2O3. The van der Waals surface area contributed by atoms with Gasteiger partial charge in [-0.3, -0.25) is 0 Å². The molecule has 3 aromatic rings. The van der Waals surface area contributed by atoms with Crippen LogP contribution in [0.4, 0.5) is 11.5 Å². The molecule has 0 fully saturated rings. The highest BCUT2D eigenvalue weighted by Gasteiger charge is 2.14. The lowest BCUT2D eigenvalue weighted by molar-refractivity contribution is 0.0528. The summed E-state index contributed by atoms with van der Waals surface area (Å²) in [5.74, 6) is 1.06. The monoisotopic (exact) mass is 322 g/mol. The zero-order valence-electron chi connectivity index (χ0n) is 13.6. The fourth-order valence-electron chi connectivity index (χ4n) is 2.50. The zero-order valence-corrected chi connectivity index (χ0v) is 13.6. The van der Waals surface area contributed by atoms with Crippen molar-refractivity contribution in [1.82, 2.24) is 4.98 Å². The number of methoxy groups -OCH3 is 1. The first-order valence-corrected chi connectivity index (χ1v) is 7.69. The Morgan fingerprint density at radius 3 is 2.67 bits per heavy atom. The number of carbonyl (C=O) groups is 1. The van der Waals surface area contributed by atoms with E-state index >= 15 is 0 Å². The number of esters is 1. The van der Waals surface area contributed by atoms with Crippen LogP contribution in [0.25, 0.3) is 10.8 Å². The minimum absolute atomic E-state index is 0.330. The zero-order chi connectivity index (χ0) is 16.9. The third-order valence-electron chi connectivity index (χ3n) is 3.62. The van der Waals surface area contributed by atoms with Gasteiger partial charge in [-0.15, -0.1) is 0 Å². The average Bonchev–Trinajstić information content (AvgIpc) is 2.62. The molecule has 5 nitrogen and oxygen atoms in total. The van der Waals surface area contributed by atoms with Crippen molar-refractivity contribution in [2.24, 2.45) is 0 Å². The topological polar surface area (TPSA) is 60.5 Å². The lowest BCUT2D eigenvalue weighted by atomic mass is 10.1. The van der Waals surface area contributed by atoms with Crippen molar-refractivity contribution in [3.63, 3.8) is 0 Å². The number of nitrogens with one attached hydrogen (secondary N) is 1. The van der Waals surface area contributed by atoms with Crippen molar-refractivity contribution >= 4 is 28.2 Å². The summed E-state index contributed by atoms with van der Waals surface area (Å²) in [6.07, 6.45) is 1.54. The number of benzene rings is 2. The van der Waals surface area contributed by atoms with E-state index in [9.17, 15) is 4.79 Å². The Kier molecular flexibility index (Phi) is 4.61. The van der Waals surface area contributed by atoms with Gasteiger partial charge in [0, 0.05) is 28.7 Å². The Hall–Kier alpha value is -3.08. The first-order chi connectivity index (χ1) is 11.7. The van der Waals surface area contributed by atoms with Gasteiger partial charge in [0.15, 0.2) is 0 Å². The maximum Gasteiger partial charge on any atom is 0.340 e. The largest absolute Gasteiger partial charge is 0.497 e. The van der Waals surface area contributed by atoms with E-state index in [1.165, 1.54) is 0 Å². The van der Waals surface area contributed by atoms with Gasteiger partial charge >= 0.3 is 5.97 Å². The Morgan fingerprint density at radius 2 is 1.92 bits per heavy atom. The quantitative estimate of drug-likeness (QED) is 0.715. The summed E-state index contributed by atoms with van der Waals surface area (Å²) >= 11 is 0. The second kappa shape index (κ2) is 7.00. The molecule has 122 valence electrons. The molecule has 1 aromatic heterocycles. The molecule has 1 N–H and O–H groups in total. The minimum Gasteiger partial charge on any atom is -0.497 e. The van der Waals surface area contributed by atoms with Crippen LogP contribution < -0.4 is 10.1 Å². The summed E-state index contributed by atoms with van der Waals surface area (Å²) in [6.45, 7) is 2.11. The lowest BCUT2D eigenvalue weighted by Gasteiger charge is -2.12. The van der Waals surface area contributed by atoms with E-state index in [0.29, 0.717) is 18.0 Å². The number of hydrogen-bond donors (Lipinski definition) is 1. The van der Waals surface area contributed by atoms with Crippen LogP contribution in [0.1, 0.15) is 17.3 Å². The molecule has 0 aliphatic rings. The summed E-state index contributed by atoms with van der Waals surface area (Å²) in [6, 6.07) is 15.2. The molecular weight excluding hydrogens is 304 g/mol. The van der Waals surface area contributed by atoms with E-state index in [2.05, 4.69) is 10.3 Å². The Bertz CT molecular complexity index is 877. The molecule has 0 atom stereocenters. The van der Waals surface area contributed by atoms with E-state index in [-0.39, 0.29) is 5.97 Å². The molecule has 24 heavy (non-hydrogen) atoms. The summed E-state index contributed by atoms with van der Waals surface area (Å²) < 4.78 is 10.3. The summed E-state index contributed by atoms with van der Waals surface area (Å²) in [4.78, 5) is 16.5. The van der Waals surface area contributed by atoms with Crippen molar-refractivity contribution in [1.29, 1.82) is 0 Å². The normalized spacial score (nSPS) is 10.4. The van der Waals surface area contributed by atoms with Crippen molar-refractivity contribution in [3.05, 3.63) is 60.3 Å². The van der Waals surface area contributed by atoms with Crippen LogP contribution in [0.15, 0.2) is 54.7 Å². The number of pyridine rings is 1. The van der Waals surface area contributed by atoms with Gasteiger partial charge in [-0.1, -0.05) is 30.3 Å². The highest BCUT2D eigenvalue weighted by molar-refractivity contribution is 6.07. The van der Waals surface area contributed by atoms with Crippen molar-refractivity contribution < 1.29 is 14.3 Å². The average molecular weight is 322 g/mol. The first-order valence-electron chi connectivity index (χ1n) is 7.69. The molecule has 0 radical (unpaired) electrons. The predicted octanol–water partition coefficient (Wildman–Crippen LogP) is 4.16. The summed E-state index contributed by atoms with van der Waals surface area (Å²) in [5.41, 5.74) is 1.32. The minimum atomic E-state index is -0.367. The van der Waals surface area contributed by atoms with Crippen LogP contribution in [0, 0.1) is 0 Å². The highest BCUT2D eigenvalue weighted by Crippen LogP contribution is 2.28. The van der Waals surface area contributed by atoms with E-state index in [1.54, 1.807) is 20.2 Å². The number of rotatable bonds is 5. The van der Waals surface area contributed by atoms with Gasteiger partial charge in [-0.05, 0) is 19.1 Å². The number of ether oxygens (including phenoxy) is 2.